The van der Waals surface area contributed by atoms with Crippen molar-refractivity contribution in [1.29, 1.82) is 0 Å². The molecule has 0 aliphatic carbocycles. The molecule has 2 aromatic rings. The van der Waals surface area contributed by atoms with Crippen LogP contribution in [0.5, 0.6) is 0 Å². The van der Waals surface area contributed by atoms with Crippen molar-refractivity contribution >= 4 is 11.9 Å². The molecule has 1 unspecified atom stereocenters. The van der Waals surface area contributed by atoms with Gasteiger partial charge < -0.3 is 10.0 Å². The van der Waals surface area contributed by atoms with Gasteiger partial charge in [0.1, 0.15) is 0 Å². The Balaban J connectivity index is 1.56. The molecule has 0 saturated carbocycles. The number of aromatic carboxylic acids is 1. The second-order valence-corrected chi connectivity index (χ2v) is 7.07. The highest BCUT2D eigenvalue weighted by Gasteiger charge is 2.28. The average Bonchev–Trinajstić information content (AvgIpc) is 3.10. The molecule has 0 radical (unpaired) electrons. The second kappa shape index (κ2) is 8.17. The van der Waals surface area contributed by atoms with E-state index in [9.17, 15) is 9.59 Å². The van der Waals surface area contributed by atoms with E-state index in [2.05, 4.69) is 31.2 Å². The van der Waals surface area contributed by atoms with Crippen molar-refractivity contribution in [2.45, 2.75) is 45.1 Å². The summed E-state index contributed by atoms with van der Waals surface area (Å²) in [4.78, 5) is 25.6. The molecule has 0 bridgehead atoms. The molecule has 1 aliphatic rings. The number of hydrogen-bond donors (Lipinski definition) is 1. The van der Waals surface area contributed by atoms with Gasteiger partial charge in [-0.3, -0.25) is 4.79 Å². The van der Waals surface area contributed by atoms with Gasteiger partial charge in [0.2, 0.25) is 5.91 Å². The van der Waals surface area contributed by atoms with Crippen molar-refractivity contribution in [1.82, 2.24) is 4.90 Å². The molecular formula is C22H25NO3. The molecule has 1 atom stereocenters. The Kier molecular flexibility index (Phi) is 5.71. The van der Waals surface area contributed by atoms with Gasteiger partial charge in [0.15, 0.2) is 0 Å². The van der Waals surface area contributed by atoms with Crippen LogP contribution in [0.3, 0.4) is 0 Å². The van der Waals surface area contributed by atoms with Crippen LogP contribution in [0.4, 0.5) is 0 Å². The third-order valence-corrected chi connectivity index (χ3v) is 5.12. The van der Waals surface area contributed by atoms with E-state index in [0.29, 0.717) is 18.9 Å². The van der Waals surface area contributed by atoms with Gasteiger partial charge in [-0.05, 0) is 55.9 Å². The summed E-state index contributed by atoms with van der Waals surface area (Å²) in [6, 6.07) is 15.6. The Morgan fingerprint density at radius 3 is 2.35 bits per heavy atom. The number of carboxylic acid groups (broad SMARTS) is 1. The molecule has 3 rings (SSSR count). The number of carbonyl (C=O) groups is 2. The molecule has 4 heteroatoms. The Labute approximate surface area is 154 Å². The normalized spacial score (nSPS) is 16.7. The van der Waals surface area contributed by atoms with Gasteiger partial charge in [-0.15, -0.1) is 0 Å². The van der Waals surface area contributed by atoms with Crippen LogP contribution < -0.4 is 0 Å². The summed E-state index contributed by atoms with van der Waals surface area (Å²) >= 11 is 0. The van der Waals surface area contributed by atoms with Crippen LogP contribution in [-0.4, -0.2) is 34.5 Å². The summed E-state index contributed by atoms with van der Waals surface area (Å²) in [6.07, 6.45) is 4.16. The molecule has 1 N–H and O–H groups in total. The molecule has 136 valence electrons. The summed E-state index contributed by atoms with van der Waals surface area (Å²) in [6.45, 7) is 2.92. The quantitative estimate of drug-likeness (QED) is 0.860. The van der Waals surface area contributed by atoms with Gasteiger partial charge >= 0.3 is 5.97 Å². The summed E-state index contributed by atoms with van der Waals surface area (Å²) < 4.78 is 0. The maximum absolute atomic E-state index is 12.7. The maximum Gasteiger partial charge on any atom is 0.335 e. The molecule has 1 saturated heterocycles. The van der Waals surface area contributed by atoms with E-state index in [-0.39, 0.29) is 11.5 Å². The average molecular weight is 351 g/mol. The molecule has 2 aromatic carbocycles. The fraction of sp³-hybridized carbons (Fsp3) is 0.364. The standard InChI is InChI=1S/C22H25NO3/c1-16-4-6-18(7-5-16)15-20-3-2-14-23(20)21(24)13-10-17-8-11-19(12-9-17)22(25)26/h4-9,11-12,20H,2-3,10,13-15H2,1H3,(H,25,26). The molecule has 1 heterocycles. The van der Waals surface area contributed by atoms with Gasteiger partial charge in [-0.1, -0.05) is 42.0 Å². The predicted molar refractivity (Wildman–Crippen MR) is 101 cm³/mol. The number of nitrogens with zero attached hydrogens (tertiary/aromatic N) is 1. The lowest BCUT2D eigenvalue weighted by Crippen LogP contribution is -2.36. The van der Waals surface area contributed by atoms with Crippen LogP contribution in [0.25, 0.3) is 0 Å². The Morgan fingerprint density at radius 2 is 1.69 bits per heavy atom. The van der Waals surface area contributed by atoms with Crippen LogP contribution in [0.2, 0.25) is 0 Å². The maximum atomic E-state index is 12.7. The van der Waals surface area contributed by atoms with Crippen molar-refractivity contribution in [3.05, 3.63) is 70.8 Å². The van der Waals surface area contributed by atoms with Gasteiger partial charge in [0, 0.05) is 19.0 Å². The van der Waals surface area contributed by atoms with E-state index in [4.69, 9.17) is 5.11 Å². The number of benzene rings is 2. The number of amides is 1. The highest BCUT2D eigenvalue weighted by Crippen LogP contribution is 2.23. The minimum Gasteiger partial charge on any atom is -0.478 e. The summed E-state index contributed by atoms with van der Waals surface area (Å²) in [5.41, 5.74) is 3.81. The third-order valence-electron chi connectivity index (χ3n) is 5.12. The number of aryl methyl sites for hydroxylation is 2. The second-order valence-electron chi connectivity index (χ2n) is 7.07. The lowest BCUT2D eigenvalue weighted by atomic mass is 10.0. The number of hydrogen-bond acceptors (Lipinski definition) is 2. The van der Waals surface area contributed by atoms with Gasteiger partial charge in [0.05, 0.1) is 5.56 Å². The number of carbonyl (C=O) groups excluding carboxylic acids is 1. The lowest BCUT2D eigenvalue weighted by Gasteiger charge is -2.25. The van der Waals surface area contributed by atoms with Gasteiger partial charge in [0.25, 0.3) is 0 Å². The topological polar surface area (TPSA) is 57.6 Å². The summed E-state index contributed by atoms with van der Waals surface area (Å²) in [5, 5.41) is 8.94. The van der Waals surface area contributed by atoms with Crippen LogP contribution >= 0.6 is 0 Å². The fourth-order valence-corrected chi connectivity index (χ4v) is 3.58. The van der Waals surface area contributed by atoms with E-state index in [1.54, 1.807) is 24.3 Å². The summed E-state index contributed by atoms with van der Waals surface area (Å²) in [7, 11) is 0. The zero-order valence-corrected chi connectivity index (χ0v) is 15.1. The smallest absolute Gasteiger partial charge is 0.335 e. The van der Waals surface area contributed by atoms with Crippen molar-refractivity contribution < 1.29 is 14.7 Å². The van der Waals surface area contributed by atoms with Crippen molar-refractivity contribution in [3.63, 3.8) is 0 Å². The van der Waals surface area contributed by atoms with E-state index in [1.807, 2.05) is 4.90 Å². The van der Waals surface area contributed by atoms with E-state index >= 15 is 0 Å². The Morgan fingerprint density at radius 1 is 1.04 bits per heavy atom. The van der Waals surface area contributed by atoms with Crippen LogP contribution in [0.15, 0.2) is 48.5 Å². The van der Waals surface area contributed by atoms with E-state index < -0.39 is 5.97 Å². The fourth-order valence-electron chi connectivity index (χ4n) is 3.58. The SMILES string of the molecule is Cc1ccc(CC2CCCN2C(=O)CCc2ccc(C(=O)O)cc2)cc1. The zero-order valence-electron chi connectivity index (χ0n) is 15.1. The molecule has 4 nitrogen and oxygen atoms in total. The minimum atomic E-state index is -0.927. The monoisotopic (exact) mass is 351 g/mol. The van der Waals surface area contributed by atoms with Crippen LogP contribution in [0, 0.1) is 6.92 Å². The summed E-state index contributed by atoms with van der Waals surface area (Å²) in [5.74, 6) is -0.731. The molecule has 1 aliphatic heterocycles. The molecule has 1 fully saturated rings. The number of carboxylic acids is 1. The van der Waals surface area contributed by atoms with Gasteiger partial charge in [-0.2, -0.15) is 0 Å². The van der Waals surface area contributed by atoms with E-state index in [0.717, 1.165) is 31.4 Å². The van der Waals surface area contributed by atoms with Crippen LogP contribution in [0.1, 0.15) is 46.3 Å². The van der Waals surface area contributed by atoms with E-state index in [1.165, 1.54) is 11.1 Å². The molecule has 0 spiro atoms. The largest absolute Gasteiger partial charge is 0.478 e. The van der Waals surface area contributed by atoms with Crippen LogP contribution in [-0.2, 0) is 17.6 Å². The number of rotatable bonds is 6. The number of likely N-dealkylation sites (tertiary alicyclic amines) is 1. The molecule has 1 amide bonds. The lowest BCUT2D eigenvalue weighted by molar-refractivity contribution is -0.131. The van der Waals surface area contributed by atoms with Gasteiger partial charge in [-0.25, -0.2) is 4.79 Å². The first-order valence-corrected chi connectivity index (χ1v) is 9.20. The molecule has 0 aromatic heterocycles. The van der Waals surface area contributed by atoms with Crippen molar-refractivity contribution in [3.8, 4) is 0 Å². The minimum absolute atomic E-state index is 0.196. The molecular weight excluding hydrogens is 326 g/mol. The Bertz CT molecular complexity index is 765. The Hall–Kier alpha value is -2.62. The molecule has 26 heavy (non-hydrogen) atoms. The highest BCUT2D eigenvalue weighted by molar-refractivity contribution is 5.87. The first kappa shape index (κ1) is 18.2. The predicted octanol–water partition coefficient (Wildman–Crippen LogP) is 3.86. The first-order chi connectivity index (χ1) is 12.5. The zero-order chi connectivity index (χ0) is 18.5. The third kappa shape index (κ3) is 4.51. The van der Waals surface area contributed by atoms with Crippen molar-refractivity contribution in [2.24, 2.45) is 0 Å². The first-order valence-electron chi connectivity index (χ1n) is 9.20. The highest BCUT2D eigenvalue weighted by atomic mass is 16.4. The van der Waals surface area contributed by atoms with Crippen molar-refractivity contribution in [2.75, 3.05) is 6.54 Å².